The maximum Gasteiger partial charge on any atom is 2.00 e. The Hall–Kier alpha value is -2.44. The molecule has 0 aliphatic rings. The van der Waals surface area contributed by atoms with Gasteiger partial charge in [0, 0.05) is 0 Å². The fourth-order valence-corrected chi connectivity index (χ4v) is 5.97. The summed E-state index contributed by atoms with van der Waals surface area (Å²) in [5.41, 5.74) is 11.3. The van der Waals surface area contributed by atoms with E-state index in [9.17, 15) is 0 Å². The van der Waals surface area contributed by atoms with Crippen molar-refractivity contribution in [2.45, 2.75) is 53.4 Å². The van der Waals surface area contributed by atoms with Crippen LogP contribution in [0.1, 0.15) is 48.9 Å². The predicted octanol–water partition coefficient (Wildman–Crippen LogP) is 11.8. The van der Waals surface area contributed by atoms with Gasteiger partial charge in [0.25, 0.3) is 0 Å². The molecule has 0 saturated carbocycles. The molecule has 0 N–H and O–H groups in total. The number of benzene rings is 4. The first kappa shape index (κ1) is 34.8. The summed E-state index contributed by atoms with van der Waals surface area (Å²) in [6.07, 6.45) is 4.68. The summed E-state index contributed by atoms with van der Waals surface area (Å²) in [6, 6.07) is 39.4. The number of hydrogen-bond acceptors (Lipinski definition) is 0. The second-order valence-electron chi connectivity index (χ2n) is 10.4. The van der Waals surface area contributed by atoms with Gasteiger partial charge in [-0.15, -0.1) is 91.9 Å². The molecule has 0 aromatic heterocycles. The van der Waals surface area contributed by atoms with Gasteiger partial charge < -0.3 is 0 Å². The molecule has 6 aromatic carbocycles. The standard InChI is InChI=1S/2C19H19.2ClH.Zr/c2*1-3-8-17-18(15-10-5-4-6-11-15)13-16-12-7-9-14(2)19(16)17;;;/h2*4-7,9-13H,3,8H2,1-2H3;2*1H;/q2*-1;;;+2. The van der Waals surface area contributed by atoms with Crippen LogP contribution in [0.3, 0.4) is 0 Å². The van der Waals surface area contributed by atoms with Crippen LogP contribution in [-0.4, -0.2) is 0 Å². The Morgan fingerprint density at radius 1 is 0.488 bits per heavy atom. The second-order valence-corrected chi connectivity index (χ2v) is 10.4. The Labute approximate surface area is 277 Å². The van der Waals surface area contributed by atoms with Crippen molar-refractivity contribution >= 4 is 46.4 Å². The van der Waals surface area contributed by atoms with Gasteiger partial charge in [-0.2, -0.15) is 0 Å². The molecule has 0 aliphatic heterocycles. The Morgan fingerprint density at radius 2 is 0.854 bits per heavy atom. The van der Waals surface area contributed by atoms with E-state index in [0.717, 1.165) is 12.8 Å². The Balaban J connectivity index is 0.000000267. The quantitative estimate of drug-likeness (QED) is 0.156. The van der Waals surface area contributed by atoms with Gasteiger partial charge in [0.15, 0.2) is 0 Å². The van der Waals surface area contributed by atoms with Gasteiger partial charge in [0.1, 0.15) is 0 Å². The third kappa shape index (κ3) is 7.50. The molecule has 6 rings (SSSR count). The number of fused-ring (bicyclic) bond motifs is 2. The van der Waals surface area contributed by atoms with Crippen LogP contribution in [0, 0.1) is 13.8 Å². The van der Waals surface area contributed by atoms with Crippen molar-refractivity contribution in [1.82, 2.24) is 0 Å². The van der Waals surface area contributed by atoms with Crippen molar-refractivity contribution in [3.8, 4) is 22.3 Å². The first-order valence-corrected chi connectivity index (χ1v) is 14.1. The van der Waals surface area contributed by atoms with Crippen molar-refractivity contribution in [1.29, 1.82) is 0 Å². The molecule has 0 bridgehead atoms. The molecular formula is C38H40Cl2Zr. The van der Waals surface area contributed by atoms with Gasteiger partial charge >= 0.3 is 26.2 Å². The van der Waals surface area contributed by atoms with E-state index in [2.05, 4.69) is 137 Å². The van der Waals surface area contributed by atoms with E-state index < -0.39 is 0 Å². The van der Waals surface area contributed by atoms with Gasteiger partial charge in [-0.25, -0.2) is 0 Å². The molecule has 0 amide bonds. The van der Waals surface area contributed by atoms with Crippen LogP contribution in [0.5, 0.6) is 0 Å². The summed E-state index contributed by atoms with van der Waals surface area (Å²) in [5, 5.41) is 5.68. The van der Waals surface area contributed by atoms with E-state index in [-0.39, 0.29) is 51.0 Å². The van der Waals surface area contributed by atoms with Crippen molar-refractivity contribution in [2.75, 3.05) is 0 Å². The number of hydrogen-bond donors (Lipinski definition) is 0. The minimum Gasteiger partial charge on any atom is -0.147 e. The zero-order valence-electron chi connectivity index (χ0n) is 24.5. The zero-order chi connectivity index (χ0) is 26.5. The number of rotatable bonds is 6. The van der Waals surface area contributed by atoms with E-state index in [4.69, 9.17) is 0 Å². The van der Waals surface area contributed by atoms with Crippen LogP contribution >= 0.6 is 24.8 Å². The minimum absolute atomic E-state index is 0. The van der Waals surface area contributed by atoms with E-state index >= 15 is 0 Å². The van der Waals surface area contributed by atoms with Crippen molar-refractivity contribution in [3.05, 3.63) is 131 Å². The van der Waals surface area contributed by atoms with E-state index in [1.165, 1.54) is 78.9 Å². The smallest absolute Gasteiger partial charge is 0.147 e. The summed E-state index contributed by atoms with van der Waals surface area (Å²) >= 11 is 0. The van der Waals surface area contributed by atoms with Crippen molar-refractivity contribution in [3.63, 3.8) is 0 Å². The topological polar surface area (TPSA) is 0 Å². The van der Waals surface area contributed by atoms with Gasteiger partial charge in [0.05, 0.1) is 0 Å². The summed E-state index contributed by atoms with van der Waals surface area (Å²) in [6.45, 7) is 8.95. The van der Waals surface area contributed by atoms with Crippen LogP contribution in [-0.2, 0) is 39.0 Å². The van der Waals surface area contributed by atoms with Crippen LogP contribution < -0.4 is 0 Å². The summed E-state index contributed by atoms with van der Waals surface area (Å²) in [4.78, 5) is 0. The molecular weight excluding hydrogens is 619 g/mol. The van der Waals surface area contributed by atoms with Crippen LogP contribution in [0.25, 0.3) is 43.8 Å². The van der Waals surface area contributed by atoms with E-state index in [1.807, 2.05) is 0 Å². The maximum absolute atomic E-state index is 2.35. The Kier molecular flexibility index (Phi) is 13.8. The zero-order valence-corrected chi connectivity index (χ0v) is 28.6. The van der Waals surface area contributed by atoms with Gasteiger partial charge in [-0.1, -0.05) is 162 Å². The number of aryl methyl sites for hydroxylation is 4. The molecule has 0 saturated heterocycles. The number of halogens is 2. The largest absolute Gasteiger partial charge is 2.00 e. The van der Waals surface area contributed by atoms with Crippen molar-refractivity contribution < 1.29 is 26.2 Å². The first-order chi connectivity index (χ1) is 18.6. The maximum atomic E-state index is 2.35. The van der Waals surface area contributed by atoms with Gasteiger partial charge in [-0.05, 0) is 0 Å². The molecule has 0 aliphatic carbocycles. The minimum atomic E-state index is 0. The average molecular weight is 659 g/mol. The third-order valence-electron chi connectivity index (χ3n) is 7.63. The van der Waals surface area contributed by atoms with Gasteiger partial charge in [-0.3, -0.25) is 0 Å². The van der Waals surface area contributed by atoms with Crippen molar-refractivity contribution in [2.24, 2.45) is 0 Å². The monoisotopic (exact) mass is 656 g/mol. The SMILES string of the molecule is CCC[c-]1c(-c2ccccc2)cc2cccc(C)c21.CCC[c-]1c(-c2ccccc2)cc2cccc(C)c21.Cl.Cl.[Zr+2]. The summed E-state index contributed by atoms with van der Waals surface area (Å²) < 4.78 is 0. The van der Waals surface area contributed by atoms with Crippen LogP contribution in [0.15, 0.2) is 109 Å². The first-order valence-electron chi connectivity index (χ1n) is 14.1. The van der Waals surface area contributed by atoms with Crippen LogP contribution in [0.2, 0.25) is 0 Å². The van der Waals surface area contributed by atoms with E-state index in [0.29, 0.717) is 0 Å². The predicted molar refractivity (Wildman–Crippen MR) is 182 cm³/mol. The fraction of sp³-hybridized carbons (Fsp3) is 0.211. The normalized spacial score (nSPS) is 10.2. The molecule has 0 nitrogen and oxygen atoms in total. The van der Waals surface area contributed by atoms with Crippen LogP contribution in [0.4, 0.5) is 0 Å². The molecule has 0 heterocycles. The molecule has 41 heavy (non-hydrogen) atoms. The molecule has 0 radical (unpaired) electrons. The molecule has 0 atom stereocenters. The Morgan fingerprint density at radius 3 is 1.20 bits per heavy atom. The summed E-state index contributed by atoms with van der Waals surface area (Å²) in [7, 11) is 0. The average Bonchev–Trinajstić information content (AvgIpc) is 3.51. The molecule has 0 spiro atoms. The van der Waals surface area contributed by atoms with Gasteiger partial charge in [0.2, 0.25) is 0 Å². The van der Waals surface area contributed by atoms with E-state index in [1.54, 1.807) is 0 Å². The molecule has 210 valence electrons. The summed E-state index contributed by atoms with van der Waals surface area (Å²) in [5.74, 6) is 0. The molecule has 0 fully saturated rings. The Bertz CT molecular complexity index is 1520. The molecule has 0 unspecified atom stereocenters. The molecule has 6 aromatic rings. The fourth-order valence-electron chi connectivity index (χ4n) is 5.97. The third-order valence-corrected chi connectivity index (χ3v) is 7.63. The molecule has 3 heteroatoms. The second kappa shape index (κ2) is 16.3.